The van der Waals surface area contributed by atoms with Crippen LogP contribution < -0.4 is 10.7 Å². The van der Waals surface area contributed by atoms with Crippen molar-refractivity contribution in [2.45, 2.75) is 64.3 Å². The molecule has 3 rings (SSSR count). The summed E-state index contributed by atoms with van der Waals surface area (Å²) in [7, 11) is 1.27. The molecule has 10 nitrogen and oxygen atoms in total. The van der Waals surface area contributed by atoms with Gasteiger partial charge in [-0.15, -0.1) is 0 Å². The number of carbonyl (C=O) groups excluding carboxylic acids is 4. The van der Waals surface area contributed by atoms with Crippen molar-refractivity contribution in [3.05, 3.63) is 35.9 Å². The smallest absolute Gasteiger partial charge is 0.337 e. The van der Waals surface area contributed by atoms with Crippen LogP contribution in [0.15, 0.2) is 35.4 Å². The first-order chi connectivity index (χ1) is 18.2. The molecule has 0 saturated carbocycles. The van der Waals surface area contributed by atoms with Crippen molar-refractivity contribution in [2.75, 3.05) is 13.6 Å². The Labute approximate surface area is 224 Å². The Kier molecular flexibility index (Phi) is 8.67. The van der Waals surface area contributed by atoms with Gasteiger partial charge in [0.1, 0.15) is 18.1 Å². The van der Waals surface area contributed by atoms with Crippen LogP contribution in [0.4, 0.5) is 13.2 Å². The quantitative estimate of drug-likeness (QED) is 0.537. The maximum atomic E-state index is 13.8. The summed E-state index contributed by atoms with van der Waals surface area (Å²) in [4.78, 5) is 53.4. The van der Waals surface area contributed by atoms with Gasteiger partial charge in [-0.2, -0.15) is 23.5 Å². The molecule has 4 atom stereocenters. The predicted octanol–water partition coefficient (Wildman–Crippen LogP) is 1.96. The summed E-state index contributed by atoms with van der Waals surface area (Å²) >= 11 is 0. The number of rotatable bonds is 7. The fourth-order valence-electron chi connectivity index (χ4n) is 4.96. The first-order valence-corrected chi connectivity index (χ1v) is 12.5. The molecule has 2 aliphatic rings. The molecule has 1 saturated heterocycles. The molecule has 1 aromatic rings. The van der Waals surface area contributed by atoms with E-state index in [1.54, 1.807) is 19.2 Å². The maximum absolute atomic E-state index is 13.8. The van der Waals surface area contributed by atoms with Crippen molar-refractivity contribution in [3.8, 4) is 6.07 Å². The number of amides is 4. The highest BCUT2D eigenvalue weighted by Crippen LogP contribution is 2.41. The minimum absolute atomic E-state index is 0.0526. The molecule has 2 heterocycles. The van der Waals surface area contributed by atoms with Crippen molar-refractivity contribution in [1.29, 1.82) is 5.26 Å². The van der Waals surface area contributed by atoms with Gasteiger partial charge in [-0.3, -0.25) is 19.2 Å². The number of likely N-dealkylation sites (N-methyl/N-ethyl adjacent to an activating group) is 1. The van der Waals surface area contributed by atoms with Gasteiger partial charge in [0, 0.05) is 20.0 Å². The van der Waals surface area contributed by atoms with Gasteiger partial charge in [-0.1, -0.05) is 44.2 Å². The number of nitrogens with zero attached hydrogens (tertiary/aromatic N) is 4. The van der Waals surface area contributed by atoms with Crippen LogP contribution in [-0.2, 0) is 19.2 Å². The Hall–Kier alpha value is -3.95. The monoisotopic (exact) mass is 548 g/mol. The second-order valence-electron chi connectivity index (χ2n) is 10.4. The van der Waals surface area contributed by atoms with Gasteiger partial charge in [0.2, 0.25) is 17.7 Å². The molecule has 0 aliphatic carbocycles. The van der Waals surface area contributed by atoms with E-state index < -0.39 is 53.3 Å². The number of hydrogen-bond acceptors (Lipinski definition) is 6. The highest BCUT2D eigenvalue weighted by Gasteiger charge is 2.54. The fourth-order valence-corrected chi connectivity index (χ4v) is 4.96. The molecule has 210 valence electrons. The Morgan fingerprint density at radius 3 is 2.46 bits per heavy atom. The van der Waals surface area contributed by atoms with Crippen LogP contribution in [0.5, 0.6) is 0 Å². The van der Waals surface area contributed by atoms with E-state index in [1.165, 1.54) is 11.9 Å². The average Bonchev–Trinajstić information content (AvgIpc) is 3.26. The van der Waals surface area contributed by atoms with Crippen molar-refractivity contribution in [3.63, 3.8) is 0 Å². The second kappa shape index (κ2) is 11.4. The summed E-state index contributed by atoms with van der Waals surface area (Å²) in [6, 6.07) is 7.57. The van der Waals surface area contributed by atoms with Crippen LogP contribution in [-0.4, -0.2) is 77.0 Å². The standard InChI is InChI=1S/C26H31F3N6O4/c1-15(2)10-20(34(4)21(36)16(3)31-24(39)26(27,28)29)22(37)35-14-25(11-18(35)13-30)12-19(32-33-23(25)38)17-8-6-5-7-9-17/h5-9,15-16,18,20H,10-12,14H2,1-4H3,(H,31,39)(H,33,38)/t16-,18-,20-,25+/m0/s1. The number of likely N-dealkylation sites (tertiary alicyclic amines) is 1. The highest BCUT2D eigenvalue weighted by molar-refractivity contribution is 6.06. The van der Waals surface area contributed by atoms with Crippen molar-refractivity contribution in [1.82, 2.24) is 20.5 Å². The number of nitriles is 1. The topological polar surface area (TPSA) is 135 Å². The van der Waals surface area contributed by atoms with Crippen LogP contribution in [0.2, 0.25) is 0 Å². The second-order valence-corrected chi connectivity index (χ2v) is 10.4. The van der Waals surface area contributed by atoms with Crippen LogP contribution in [0, 0.1) is 22.7 Å². The van der Waals surface area contributed by atoms with E-state index in [2.05, 4.69) is 16.6 Å². The minimum Gasteiger partial charge on any atom is -0.337 e. The maximum Gasteiger partial charge on any atom is 0.471 e. The van der Waals surface area contributed by atoms with E-state index >= 15 is 0 Å². The highest BCUT2D eigenvalue weighted by atomic mass is 19.4. The molecule has 2 aliphatic heterocycles. The zero-order valence-corrected chi connectivity index (χ0v) is 22.1. The number of hydrogen-bond donors (Lipinski definition) is 2. The molecule has 1 spiro atoms. The third kappa shape index (κ3) is 6.38. The number of alkyl halides is 3. The third-order valence-corrected chi connectivity index (χ3v) is 7.02. The molecule has 13 heteroatoms. The molecule has 0 bridgehead atoms. The van der Waals surface area contributed by atoms with Gasteiger partial charge >= 0.3 is 12.1 Å². The lowest BCUT2D eigenvalue weighted by Gasteiger charge is -2.35. The summed E-state index contributed by atoms with van der Waals surface area (Å²) in [6.07, 6.45) is -4.79. The molecule has 39 heavy (non-hydrogen) atoms. The van der Waals surface area contributed by atoms with E-state index in [-0.39, 0.29) is 31.7 Å². The van der Waals surface area contributed by atoms with Crippen LogP contribution in [0.25, 0.3) is 0 Å². The van der Waals surface area contributed by atoms with Crippen LogP contribution >= 0.6 is 0 Å². The minimum atomic E-state index is -5.17. The number of hydrazone groups is 1. The Morgan fingerprint density at radius 1 is 1.26 bits per heavy atom. The molecule has 2 N–H and O–H groups in total. The van der Waals surface area contributed by atoms with Crippen LogP contribution in [0.1, 0.15) is 45.6 Å². The SMILES string of the molecule is CC(C)C[C@@H](C(=O)N1C[C@]2(CC(c3ccccc3)=NNC2=O)C[C@H]1C#N)N(C)C(=O)[C@H](C)NC(=O)C(F)(F)F. The van der Waals surface area contributed by atoms with Gasteiger partial charge < -0.3 is 15.1 Å². The Balaban J connectivity index is 1.85. The van der Waals surface area contributed by atoms with Crippen molar-refractivity contribution in [2.24, 2.45) is 16.4 Å². The lowest BCUT2D eigenvalue weighted by atomic mass is 9.77. The van der Waals surface area contributed by atoms with Crippen molar-refractivity contribution >= 4 is 29.3 Å². The Morgan fingerprint density at radius 2 is 1.90 bits per heavy atom. The lowest BCUT2D eigenvalue weighted by Crippen LogP contribution is -2.56. The first kappa shape index (κ1) is 29.6. The number of halogens is 3. The molecule has 0 radical (unpaired) electrons. The van der Waals surface area contributed by atoms with E-state index in [1.807, 2.05) is 30.3 Å². The molecule has 1 aromatic carbocycles. The zero-order chi connectivity index (χ0) is 29.1. The van der Waals surface area contributed by atoms with Gasteiger partial charge in [-0.25, -0.2) is 5.43 Å². The molecular formula is C26H31F3N6O4. The van der Waals surface area contributed by atoms with Gasteiger partial charge in [-0.05, 0) is 31.2 Å². The molecule has 4 amide bonds. The average molecular weight is 549 g/mol. The summed E-state index contributed by atoms with van der Waals surface area (Å²) in [5.41, 5.74) is 2.78. The lowest BCUT2D eigenvalue weighted by molar-refractivity contribution is -0.175. The summed E-state index contributed by atoms with van der Waals surface area (Å²) in [5.74, 6) is -4.31. The molecule has 1 fully saturated rings. The number of benzene rings is 1. The summed E-state index contributed by atoms with van der Waals surface area (Å²) in [5, 5.41) is 15.7. The predicted molar refractivity (Wildman–Crippen MR) is 134 cm³/mol. The van der Waals surface area contributed by atoms with E-state index in [9.17, 15) is 37.6 Å². The molecule has 0 unspecified atom stereocenters. The number of nitrogens with one attached hydrogen (secondary N) is 2. The first-order valence-electron chi connectivity index (χ1n) is 12.5. The zero-order valence-electron chi connectivity index (χ0n) is 22.1. The summed E-state index contributed by atoms with van der Waals surface area (Å²) < 4.78 is 38.1. The van der Waals surface area contributed by atoms with E-state index in [0.717, 1.165) is 17.4 Å². The molecule has 0 aromatic heterocycles. The van der Waals surface area contributed by atoms with Gasteiger partial charge in [0.05, 0.1) is 17.2 Å². The third-order valence-electron chi connectivity index (χ3n) is 7.02. The van der Waals surface area contributed by atoms with Crippen molar-refractivity contribution < 1.29 is 32.3 Å². The normalized spacial score (nSPS) is 22.5. The largest absolute Gasteiger partial charge is 0.471 e. The van der Waals surface area contributed by atoms with E-state index in [4.69, 9.17) is 0 Å². The van der Waals surface area contributed by atoms with Gasteiger partial charge in [0.15, 0.2) is 0 Å². The Bertz CT molecular complexity index is 1200. The molecular weight excluding hydrogens is 517 g/mol. The van der Waals surface area contributed by atoms with Gasteiger partial charge in [0.25, 0.3) is 0 Å². The van der Waals surface area contributed by atoms with Crippen LogP contribution in [0.3, 0.4) is 0 Å². The fraction of sp³-hybridized carbons (Fsp3) is 0.538. The summed E-state index contributed by atoms with van der Waals surface area (Å²) in [6.45, 7) is 4.60. The van der Waals surface area contributed by atoms with E-state index in [0.29, 0.717) is 5.71 Å². The number of carbonyl (C=O) groups is 4.